The third-order valence-corrected chi connectivity index (χ3v) is 3.23. The molecular weight excluding hydrogens is 317 g/mol. The van der Waals surface area contributed by atoms with Gasteiger partial charge in [0.25, 0.3) is 0 Å². The Hall–Kier alpha value is -1.76. The van der Waals surface area contributed by atoms with Crippen molar-refractivity contribution in [2.75, 3.05) is 0 Å². The molecule has 0 bridgehead atoms. The SMILES string of the molecule is Cc1cc(F)c(Br)cc1-n1cc(CCC(=O)O)nn1. The zero-order valence-corrected chi connectivity index (χ0v) is 11.7. The fourth-order valence-corrected chi connectivity index (χ4v) is 1.98. The number of carbonyl (C=O) groups is 1. The predicted octanol–water partition coefficient (Wildman–Crippen LogP) is 2.49. The van der Waals surface area contributed by atoms with Gasteiger partial charge in [0.15, 0.2) is 0 Å². The zero-order valence-electron chi connectivity index (χ0n) is 10.1. The summed E-state index contributed by atoms with van der Waals surface area (Å²) in [5, 5.41) is 16.4. The van der Waals surface area contributed by atoms with Crippen LogP contribution in [0.4, 0.5) is 4.39 Å². The number of hydrogen-bond acceptors (Lipinski definition) is 3. The molecule has 0 saturated carbocycles. The lowest BCUT2D eigenvalue weighted by molar-refractivity contribution is -0.136. The molecule has 100 valence electrons. The molecule has 0 radical (unpaired) electrons. The Morgan fingerprint density at radius 2 is 2.26 bits per heavy atom. The quantitative estimate of drug-likeness (QED) is 0.936. The molecule has 7 heteroatoms. The van der Waals surface area contributed by atoms with Gasteiger partial charge in [-0.2, -0.15) is 0 Å². The van der Waals surface area contributed by atoms with Crippen LogP contribution in [0.3, 0.4) is 0 Å². The van der Waals surface area contributed by atoms with Crippen LogP contribution in [0.25, 0.3) is 5.69 Å². The van der Waals surface area contributed by atoms with E-state index in [1.54, 1.807) is 19.2 Å². The Kier molecular flexibility index (Phi) is 3.94. The van der Waals surface area contributed by atoms with E-state index in [0.717, 1.165) is 5.56 Å². The van der Waals surface area contributed by atoms with E-state index in [9.17, 15) is 9.18 Å². The van der Waals surface area contributed by atoms with E-state index in [2.05, 4.69) is 26.2 Å². The van der Waals surface area contributed by atoms with Gasteiger partial charge < -0.3 is 5.11 Å². The second kappa shape index (κ2) is 5.48. The summed E-state index contributed by atoms with van der Waals surface area (Å²) in [4.78, 5) is 10.5. The number of halogens is 2. The molecular formula is C12H11BrFN3O2. The zero-order chi connectivity index (χ0) is 14.0. The number of nitrogens with zero attached hydrogens (tertiary/aromatic N) is 3. The third kappa shape index (κ3) is 3.17. The van der Waals surface area contributed by atoms with Gasteiger partial charge in [-0.25, -0.2) is 9.07 Å². The lowest BCUT2D eigenvalue weighted by Gasteiger charge is -2.06. The minimum Gasteiger partial charge on any atom is -0.481 e. The second-order valence-electron chi connectivity index (χ2n) is 4.10. The molecule has 1 aromatic carbocycles. The Balaban J connectivity index is 2.27. The first-order valence-electron chi connectivity index (χ1n) is 5.56. The Labute approximate surface area is 117 Å². The molecule has 0 saturated heterocycles. The number of aliphatic carboxylic acids is 1. The van der Waals surface area contributed by atoms with Gasteiger partial charge in [0.1, 0.15) is 5.82 Å². The van der Waals surface area contributed by atoms with E-state index in [-0.39, 0.29) is 12.2 Å². The Morgan fingerprint density at radius 1 is 1.53 bits per heavy atom. The third-order valence-electron chi connectivity index (χ3n) is 2.62. The van der Waals surface area contributed by atoms with Crippen molar-refractivity contribution < 1.29 is 14.3 Å². The first-order chi connectivity index (χ1) is 8.97. The average molecular weight is 328 g/mol. The summed E-state index contributed by atoms with van der Waals surface area (Å²) in [6, 6.07) is 3.01. The average Bonchev–Trinajstić information content (AvgIpc) is 2.80. The normalized spacial score (nSPS) is 10.7. The molecule has 0 aliphatic rings. The fourth-order valence-electron chi connectivity index (χ4n) is 1.65. The monoisotopic (exact) mass is 327 g/mol. The maximum atomic E-state index is 13.3. The largest absolute Gasteiger partial charge is 0.481 e. The lowest BCUT2D eigenvalue weighted by Crippen LogP contribution is -1.99. The molecule has 0 fully saturated rings. The van der Waals surface area contributed by atoms with E-state index < -0.39 is 5.97 Å². The highest BCUT2D eigenvalue weighted by Crippen LogP contribution is 2.23. The maximum absolute atomic E-state index is 13.3. The van der Waals surface area contributed by atoms with Crippen molar-refractivity contribution in [3.05, 3.63) is 39.9 Å². The lowest BCUT2D eigenvalue weighted by atomic mass is 10.2. The van der Waals surface area contributed by atoms with Gasteiger partial charge in [-0.1, -0.05) is 5.21 Å². The van der Waals surface area contributed by atoms with Crippen molar-refractivity contribution in [1.82, 2.24) is 15.0 Å². The summed E-state index contributed by atoms with van der Waals surface area (Å²) in [5.74, 6) is -1.22. The molecule has 2 aromatic rings. The topological polar surface area (TPSA) is 68.0 Å². The van der Waals surface area contributed by atoms with E-state index in [0.29, 0.717) is 22.3 Å². The second-order valence-corrected chi connectivity index (χ2v) is 4.96. The van der Waals surface area contributed by atoms with Gasteiger partial charge in [0, 0.05) is 6.42 Å². The molecule has 0 amide bonds. The fraction of sp³-hybridized carbons (Fsp3) is 0.250. The summed E-state index contributed by atoms with van der Waals surface area (Å²) in [5.41, 5.74) is 2.00. The van der Waals surface area contributed by atoms with Crippen LogP contribution in [0, 0.1) is 12.7 Å². The number of aryl methyl sites for hydroxylation is 2. The molecule has 19 heavy (non-hydrogen) atoms. The van der Waals surface area contributed by atoms with Crippen LogP contribution in [-0.4, -0.2) is 26.1 Å². The number of carboxylic acids is 1. The highest BCUT2D eigenvalue weighted by atomic mass is 79.9. The standard InChI is InChI=1S/C12H11BrFN3O2/c1-7-4-10(14)9(13)5-11(7)17-6-8(15-16-17)2-3-12(18)19/h4-6H,2-3H2,1H3,(H,18,19). The molecule has 0 aliphatic heterocycles. The molecule has 2 rings (SSSR count). The van der Waals surface area contributed by atoms with Crippen LogP contribution < -0.4 is 0 Å². The Morgan fingerprint density at radius 3 is 2.95 bits per heavy atom. The number of hydrogen-bond donors (Lipinski definition) is 1. The first-order valence-corrected chi connectivity index (χ1v) is 6.35. The van der Waals surface area contributed by atoms with Crippen LogP contribution >= 0.6 is 15.9 Å². The van der Waals surface area contributed by atoms with Gasteiger partial charge in [0.2, 0.25) is 0 Å². The van der Waals surface area contributed by atoms with Crippen LogP contribution in [0.1, 0.15) is 17.7 Å². The molecule has 1 heterocycles. The van der Waals surface area contributed by atoms with Gasteiger partial charge >= 0.3 is 5.97 Å². The van der Waals surface area contributed by atoms with Crippen molar-refractivity contribution in [1.29, 1.82) is 0 Å². The maximum Gasteiger partial charge on any atom is 0.303 e. The minimum absolute atomic E-state index is 0.00475. The van der Waals surface area contributed by atoms with Gasteiger partial charge in [0.05, 0.1) is 28.5 Å². The molecule has 1 aromatic heterocycles. The summed E-state index contributed by atoms with van der Waals surface area (Å²) in [6.07, 6.45) is 1.97. The minimum atomic E-state index is -0.879. The number of aromatic nitrogens is 3. The number of carboxylic acid groups (broad SMARTS) is 1. The van der Waals surface area contributed by atoms with Gasteiger partial charge in [-0.3, -0.25) is 4.79 Å². The number of rotatable bonds is 4. The summed E-state index contributed by atoms with van der Waals surface area (Å²) < 4.78 is 15.2. The summed E-state index contributed by atoms with van der Waals surface area (Å²) >= 11 is 3.12. The molecule has 0 spiro atoms. The smallest absolute Gasteiger partial charge is 0.303 e. The van der Waals surface area contributed by atoms with Crippen molar-refractivity contribution in [3.8, 4) is 5.69 Å². The molecule has 0 atom stereocenters. The summed E-state index contributed by atoms with van der Waals surface area (Å²) in [6.45, 7) is 1.77. The van der Waals surface area contributed by atoms with Crippen molar-refractivity contribution >= 4 is 21.9 Å². The van der Waals surface area contributed by atoms with Crippen molar-refractivity contribution in [2.24, 2.45) is 0 Å². The highest BCUT2D eigenvalue weighted by molar-refractivity contribution is 9.10. The highest BCUT2D eigenvalue weighted by Gasteiger charge is 2.10. The van der Waals surface area contributed by atoms with Crippen LogP contribution in [-0.2, 0) is 11.2 Å². The summed E-state index contributed by atoms with van der Waals surface area (Å²) in [7, 11) is 0. The van der Waals surface area contributed by atoms with Gasteiger partial charge in [-0.15, -0.1) is 5.10 Å². The molecule has 1 N–H and O–H groups in total. The van der Waals surface area contributed by atoms with E-state index >= 15 is 0 Å². The molecule has 0 aliphatic carbocycles. The Bertz CT molecular complexity index is 627. The van der Waals surface area contributed by atoms with Crippen LogP contribution in [0.5, 0.6) is 0 Å². The van der Waals surface area contributed by atoms with E-state index in [1.807, 2.05) is 0 Å². The van der Waals surface area contributed by atoms with Crippen LogP contribution in [0.15, 0.2) is 22.8 Å². The number of benzene rings is 1. The van der Waals surface area contributed by atoms with Crippen LogP contribution in [0.2, 0.25) is 0 Å². The van der Waals surface area contributed by atoms with Crippen molar-refractivity contribution in [2.45, 2.75) is 19.8 Å². The van der Waals surface area contributed by atoms with Gasteiger partial charge in [-0.05, 0) is 40.5 Å². The van der Waals surface area contributed by atoms with E-state index in [4.69, 9.17) is 5.11 Å². The van der Waals surface area contributed by atoms with Crippen molar-refractivity contribution in [3.63, 3.8) is 0 Å². The first kappa shape index (κ1) is 13.7. The van der Waals surface area contributed by atoms with E-state index in [1.165, 1.54) is 10.7 Å². The molecule has 5 nitrogen and oxygen atoms in total. The predicted molar refractivity (Wildman–Crippen MR) is 69.7 cm³/mol. The molecule has 0 unspecified atom stereocenters.